The molecule has 0 aromatic heterocycles. The van der Waals surface area contributed by atoms with E-state index in [4.69, 9.17) is 10.00 Å². The van der Waals surface area contributed by atoms with E-state index in [2.05, 4.69) is 6.07 Å². The Bertz CT molecular complexity index is 442. The molecule has 0 amide bonds. The van der Waals surface area contributed by atoms with Gasteiger partial charge in [0.05, 0.1) is 0 Å². The number of aryl methyl sites for hydroxylation is 1. The molecule has 0 saturated heterocycles. The standard InChI is InChI=1S/C12H11NO/c1-9-3-4-11-10(7-9)5-6-12(2,8-13)14-11/h3-7H,1-2H3. The van der Waals surface area contributed by atoms with E-state index in [0.717, 1.165) is 11.3 Å². The highest BCUT2D eigenvalue weighted by Gasteiger charge is 2.26. The van der Waals surface area contributed by atoms with Crippen LogP contribution in [0.3, 0.4) is 0 Å². The van der Waals surface area contributed by atoms with Crippen LogP contribution in [0.1, 0.15) is 18.1 Å². The summed E-state index contributed by atoms with van der Waals surface area (Å²) >= 11 is 0. The molecule has 0 aliphatic carbocycles. The van der Waals surface area contributed by atoms with Gasteiger partial charge in [0.25, 0.3) is 0 Å². The van der Waals surface area contributed by atoms with Gasteiger partial charge in [0.2, 0.25) is 5.60 Å². The van der Waals surface area contributed by atoms with Crippen molar-refractivity contribution in [3.63, 3.8) is 0 Å². The van der Waals surface area contributed by atoms with Crippen LogP contribution in [-0.2, 0) is 0 Å². The number of hydrogen-bond donors (Lipinski definition) is 0. The summed E-state index contributed by atoms with van der Waals surface area (Å²) in [5.41, 5.74) is 1.41. The van der Waals surface area contributed by atoms with Gasteiger partial charge in [0.15, 0.2) is 0 Å². The minimum absolute atomic E-state index is 0.780. The van der Waals surface area contributed by atoms with Crippen LogP contribution >= 0.6 is 0 Å². The predicted octanol–water partition coefficient (Wildman–Crippen LogP) is 2.68. The summed E-state index contributed by atoms with van der Waals surface area (Å²) in [5, 5.41) is 8.90. The molecule has 1 aliphatic heterocycles. The fourth-order valence-corrected chi connectivity index (χ4v) is 1.46. The zero-order valence-electron chi connectivity index (χ0n) is 8.24. The highest BCUT2D eigenvalue weighted by atomic mass is 16.5. The first-order valence-electron chi connectivity index (χ1n) is 4.53. The Morgan fingerprint density at radius 1 is 1.43 bits per heavy atom. The van der Waals surface area contributed by atoms with Crippen molar-refractivity contribution in [3.8, 4) is 11.8 Å². The van der Waals surface area contributed by atoms with Crippen LogP contribution in [0.2, 0.25) is 0 Å². The van der Waals surface area contributed by atoms with Gasteiger partial charge in [-0.05, 0) is 32.1 Å². The number of rotatable bonds is 0. The average molecular weight is 185 g/mol. The first-order chi connectivity index (χ1) is 6.63. The van der Waals surface area contributed by atoms with Gasteiger partial charge in [-0.3, -0.25) is 0 Å². The van der Waals surface area contributed by atoms with Crippen LogP contribution in [0.25, 0.3) is 6.08 Å². The molecule has 2 heteroatoms. The molecule has 1 unspecified atom stereocenters. The van der Waals surface area contributed by atoms with Crippen molar-refractivity contribution >= 4 is 6.08 Å². The summed E-state index contributed by atoms with van der Waals surface area (Å²) in [5.74, 6) is 0.780. The second-order valence-corrected chi connectivity index (χ2v) is 3.70. The maximum Gasteiger partial charge on any atom is 0.210 e. The molecular weight excluding hydrogens is 174 g/mol. The second kappa shape index (κ2) is 2.88. The summed E-state index contributed by atoms with van der Waals surface area (Å²) < 4.78 is 5.58. The van der Waals surface area contributed by atoms with Gasteiger partial charge in [-0.25, -0.2) is 0 Å². The molecule has 0 spiro atoms. The third-order valence-corrected chi connectivity index (χ3v) is 2.29. The van der Waals surface area contributed by atoms with Crippen molar-refractivity contribution in [1.82, 2.24) is 0 Å². The zero-order chi connectivity index (χ0) is 10.2. The molecule has 0 saturated carbocycles. The first kappa shape index (κ1) is 8.83. The fraction of sp³-hybridized carbons (Fsp3) is 0.250. The lowest BCUT2D eigenvalue weighted by atomic mass is 10.0. The van der Waals surface area contributed by atoms with E-state index in [-0.39, 0.29) is 0 Å². The lowest BCUT2D eigenvalue weighted by Crippen LogP contribution is -2.29. The third-order valence-electron chi connectivity index (χ3n) is 2.29. The third kappa shape index (κ3) is 1.38. The molecule has 2 nitrogen and oxygen atoms in total. The van der Waals surface area contributed by atoms with Crippen molar-refractivity contribution in [2.75, 3.05) is 0 Å². The van der Waals surface area contributed by atoms with E-state index in [1.807, 2.05) is 31.2 Å². The SMILES string of the molecule is Cc1ccc2c(c1)C=CC(C)(C#N)O2. The largest absolute Gasteiger partial charge is 0.468 e. The van der Waals surface area contributed by atoms with Gasteiger partial charge >= 0.3 is 0 Å². The zero-order valence-corrected chi connectivity index (χ0v) is 8.24. The molecule has 1 aromatic rings. The molecule has 1 heterocycles. The van der Waals surface area contributed by atoms with Crippen LogP contribution < -0.4 is 4.74 Å². The van der Waals surface area contributed by atoms with Crippen molar-refractivity contribution < 1.29 is 4.74 Å². The molecule has 14 heavy (non-hydrogen) atoms. The van der Waals surface area contributed by atoms with Crippen LogP contribution in [0.15, 0.2) is 24.3 Å². The van der Waals surface area contributed by atoms with E-state index in [9.17, 15) is 0 Å². The summed E-state index contributed by atoms with van der Waals surface area (Å²) in [6.45, 7) is 3.79. The van der Waals surface area contributed by atoms with E-state index >= 15 is 0 Å². The summed E-state index contributed by atoms with van der Waals surface area (Å²) in [6, 6.07) is 8.06. The summed E-state index contributed by atoms with van der Waals surface area (Å²) in [6.07, 6.45) is 3.73. The molecule has 70 valence electrons. The number of ether oxygens (including phenoxy) is 1. The van der Waals surface area contributed by atoms with Crippen molar-refractivity contribution in [2.24, 2.45) is 0 Å². The number of hydrogen-bond acceptors (Lipinski definition) is 2. The van der Waals surface area contributed by atoms with Crippen molar-refractivity contribution in [2.45, 2.75) is 19.4 Å². The predicted molar refractivity (Wildman–Crippen MR) is 54.9 cm³/mol. The Hall–Kier alpha value is -1.75. The minimum Gasteiger partial charge on any atom is -0.468 e. The van der Waals surface area contributed by atoms with Crippen LogP contribution in [0.5, 0.6) is 5.75 Å². The molecule has 1 aromatic carbocycles. The van der Waals surface area contributed by atoms with Gasteiger partial charge in [0, 0.05) is 5.56 Å². The summed E-state index contributed by atoms with van der Waals surface area (Å²) in [7, 11) is 0. The Morgan fingerprint density at radius 2 is 2.21 bits per heavy atom. The van der Waals surface area contributed by atoms with Crippen molar-refractivity contribution in [3.05, 3.63) is 35.4 Å². The Morgan fingerprint density at radius 3 is 2.93 bits per heavy atom. The fourth-order valence-electron chi connectivity index (χ4n) is 1.46. The normalized spacial score (nSPS) is 23.5. The number of nitriles is 1. The number of nitrogens with zero attached hydrogens (tertiary/aromatic N) is 1. The minimum atomic E-state index is -0.817. The second-order valence-electron chi connectivity index (χ2n) is 3.70. The maximum absolute atomic E-state index is 8.90. The Balaban J connectivity index is 2.47. The highest BCUT2D eigenvalue weighted by Crippen LogP contribution is 2.30. The molecule has 0 fully saturated rings. The maximum atomic E-state index is 8.90. The number of fused-ring (bicyclic) bond motifs is 1. The molecule has 0 N–H and O–H groups in total. The molecule has 1 atom stereocenters. The van der Waals surface area contributed by atoms with Crippen molar-refractivity contribution in [1.29, 1.82) is 5.26 Å². The Kier molecular flexibility index (Phi) is 1.82. The van der Waals surface area contributed by atoms with Crippen LogP contribution in [-0.4, -0.2) is 5.60 Å². The van der Waals surface area contributed by atoms with E-state index < -0.39 is 5.60 Å². The molecule has 0 radical (unpaired) electrons. The van der Waals surface area contributed by atoms with Gasteiger partial charge in [-0.15, -0.1) is 0 Å². The van der Waals surface area contributed by atoms with Gasteiger partial charge < -0.3 is 4.74 Å². The quantitative estimate of drug-likeness (QED) is 0.622. The van der Waals surface area contributed by atoms with E-state index in [0.29, 0.717) is 0 Å². The number of benzene rings is 1. The highest BCUT2D eigenvalue weighted by molar-refractivity contribution is 5.62. The van der Waals surface area contributed by atoms with E-state index in [1.165, 1.54) is 5.56 Å². The topological polar surface area (TPSA) is 33.0 Å². The van der Waals surface area contributed by atoms with Gasteiger partial charge in [0.1, 0.15) is 11.8 Å². The molecule has 1 aliphatic rings. The lowest BCUT2D eigenvalue weighted by molar-refractivity contribution is 0.197. The summed E-state index contributed by atoms with van der Waals surface area (Å²) in [4.78, 5) is 0. The Labute approximate surface area is 83.4 Å². The smallest absolute Gasteiger partial charge is 0.210 e. The molecule has 2 rings (SSSR count). The monoisotopic (exact) mass is 185 g/mol. The lowest BCUT2D eigenvalue weighted by Gasteiger charge is -2.25. The van der Waals surface area contributed by atoms with Gasteiger partial charge in [-0.1, -0.05) is 17.7 Å². The first-order valence-corrected chi connectivity index (χ1v) is 4.53. The molecule has 0 bridgehead atoms. The van der Waals surface area contributed by atoms with Crippen LogP contribution in [0.4, 0.5) is 0 Å². The van der Waals surface area contributed by atoms with Crippen LogP contribution in [0, 0.1) is 18.3 Å². The van der Waals surface area contributed by atoms with Gasteiger partial charge in [-0.2, -0.15) is 5.26 Å². The molecular formula is C12H11NO. The van der Waals surface area contributed by atoms with E-state index in [1.54, 1.807) is 13.0 Å². The average Bonchev–Trinajstić information content (AvgIpc) is 2.19.